The van der Waals surface area contributed by atoms with Crippen LogP contribution in [0.4, 0.5) is 20.2 Å². The summed E-state index contributed by atoms with van der Waals surface area (Å²) in [4.78, 5) is 24.0. The first-order chi connectivity index (χ1) is 12.4. The fourth-order valence-corrected chi connectivity index (χ4v) is 2.59. The molecule has 0 spiro atoms. The third-order valence-electron chi connectivity index (χ3n) is 4.35. The van der Waals surface area contributed by atoms with Gasteiger partial charge in [0.15, 0.2) is 11.6 Å². The lowest BCUT2D eigenvalue weighted by atomic mass is 10.1. The summed E-state index contributed by atoms with van der Waals surface area (Å²) in [6.45, 7) is 1.86. The largest absolute Gasteiger partial charge is 0.326 e. The molecule has 2 N–H and O–H groups in total. The fraction of sp³-hybridized carbons (Fsp3) is 0.300. The molecule has 0 radical (unpaired) electrons. The summed E-state index contributed by atoms with van der Waals surface area (Å²) in [5.41, 5.74) is 2.69. The SMILES string of the molecule is Cc1ccc(NC(=O)C2CC2)cc1NC(=O)CCc1ccc(F)c(F)c1. The summed E-state index contributed by atoms with van der Waals surface area (Å²) in [5.74, 6) is -1.95. The lowest BCUT2D eigenvalue weighted by molar-refractivity contribution is -0.117. The van der Waals surface area contributed by atoms with E-state index in [1.807, 2.05) is 13.0 Å². The summed E-state index contributed by atoms with van der Waals surface area (Å²) in [6, 6.07) is 8.97. The summed E-state index contributed by atoms with van der Waals surface area (Å²) in [7, 11) is 0. The van der Waals surface area contributed by atoms with Crippen LogP contribution in [-0.4, -0.2) is 11.8 Å². The van der Waals surface area contributed by atoms with Gasteiger partial charge in [-0.15, -0.1) is 0 Å². The van der Waals surface area contributed by atoms with Crippen LogP contribution in [0.5, 0.6) is 0 Å². The van der Waals surface area contributed by atoms with Crippen LogP contribution in [0.1, 0.15) is 30.4 Å². The minimum absolute atomic E-state index is 0.00414. The summed E-state index contributed by atoms with van der Waals surface area (Å²) in [5, 5.41) is 5.65. The molecule has 1 aliphatic rings. The molecule has 1 fully saturated rings. The summed E-state index contributed by atoms with van der Waals surface area (Å²) >= 11 is 0. The topological polar surface area (TPSA) is 58.2 Å². The van der Waals surface area contributed by atoms with E-state index < -0.39 is 11.6 Å². The van der Waals surface area contributed by atoms with Gasteiger partial charge in [-0.2, -0.15) is 0 Å². The molecule has 2 amide bonds. The maximum Gasteiger partial charge on any atom is 0.227 e. The van der Waals surface area contributed by atoms with Crippen LogP contribution in [0.2, 0.25) is 0 Å². The number of carbonyl (C=O) groups excluding carboxylic acids is 2. The van der Waals surface area contributed by atoms with Crippen molar-refractivity contribution in [2.24, 2.45) is 5.92 Å². The Labute approximate surface area is 150 Å². The van der Waals surface area contributed by atoms with E-state index in [9.17, 15) is 18.4 Å². The van der Waals surface area contributed by atoms with Crippen LogP contribution >= 0.6 is 0 Å². The number of benzene rings is 2. The Hall–Kier alpha value is -2.76. The summed E-state index contributed by atoms with van der Waals surface area (Å²) in [6.07, 6.45) is 2.29. The molecule has 26 heavy (non-hydrogen) atoms. The number of amides is 2. The minimum Gasteiger partial charge on any atom is -0.326 e. The molecule has 0 aliphatic heterocycles. The van der Waals surface area contributed by atoms with Gasteiger partial charge in [0.1, 0.15) is 0 Å². The van der Waals surface area contributed by atoms with Crippen LogP contribution in [-0.2, 0) is 16.0 Å². The molecule has 4 nitrogen and oxygen atoms in total. The molecule has 6 heteroatoms. The van der Waals surface area contributed by atoms with Crippen molar-refractivity contribution < 1.29 is 18.4 Å². The van der Waals surface area contributed by atoms with Crippen LogP contribution in [0.25, 0.3) is 0 Å². The van der Waals surface area contributed by atoms with Crippen molar-refractivity contribution in [3.05, 3.63) is 59.2 Å². The van der Waals surface area contributed by atoms with Crippen molar-refractivity contribution in [3.8, 4) is 0 Å². The minimum atomic E-state index is -0.919. The number of hydrogen-bond donors (Lipinski definition) is 2. The van der Waals surface area contributed by atoms with Crippen LogP contribution in [0.3, 0.4) is 0 Å². The molecule has 1 saturated carbocycles. The van der Waals surface area contributed by atoms with Crippen molar-refractivity contribution in [1.29, 1.82) is 0 Å². The molecule has 0 aromatic heterocycles. The van der Waals surface area contributed by atoms with Gasteiger partial charge >= 0.3 is 0 Å². The average Bonchev–Trinajstić information content (AvgIpc) is 3.44. The highest BCUT2D eigenvalue weighted by Gasteiger charge is 2.29. The molecule has 136 valence electrons. The molecule has 2 aromatic rings. The van der Waals surface area contributed by atoms with Gasteiger partial charge in [-0.1, -0.05) is 12.1 Å². The van der Waals surface area contributed by atoms with E-state index in [1.54, 1.807) is 12.1 Å². The highest BCUT2D eigenvalue weighted by molar-refractivity contribution is 5.96. The van der Waals surface area contributed by atoms with Gasteiger partial charge in [-0.25, -0.2) is 8.78 Å². The molecule has 2 aromatic carbocycles. The molecular weight excluding hydrogens is 338 g/mol. The molecule has 0 saturated heterocycles. The zero-order valence-electron chi connectivity index (χ0n) is 14.4. The number of hydrogen-bond acceptors (Lipinski definition) is 2. The fourth-order valence-electron chi connectivity index (χ4n) is 2.59. The van der Waals surface area contributed by atoms with Gasteiger partial charge in [0.05, 0.1) is 0 Å². The van der Waals surface area contributed by atoms with Gasteiger partial charge in [0.25, 0.3) is 0 Å². The number of aryl methyl sites for hydroxylation is 2. The smallest absolute Gasteiger partial charge is 0.227 e. The number of carbonyl (C=O) groups is 2. The molecule has 1 aliphatic carbocycles. The quantitative estimate of drug-likeness (QED) is 0.813. The lowest BCUT2D eigenvalue weighted by Crippen LogP contribution is -2.15. The van der Waals surface area contributed by atoms with Gasteiger partial charge < -0.3 is 10.6 Å². The van der Waals surface area contributed by atoms with Gasteiger partial charge in [0.2, 0.25) is 11.8 Å². The van der Waals surface area contributed by atoms with Gasteiger partial charge in [0, 0.05) is 23.7 Å². The van der Waals surface area contributed by atoms with Crippen molar-refractivity contribution in [2.75, 3.05) is 10.6 Å². The van der Waals surface area contributed by atoms with Crippen molar-refractivity contribution in [2.45, 2.75) is 32.6 Å². The first-order valence-electron chi connectivity index (χ1n) is 8.57. The number of rotatable bonds is 6. The Morgan fingerprint density at radius 1 is 1.04 bits per heavy atom. The summed E-state index contributed by atoms with van der Waals surface area (Å²) < 4.78 is 26.1. The normalized spacial score (nSPS) is 13.3. The number of nitrogens with one attached hydrogen (secondary N) is 2. The van der Waals surface area contributed by atoms with E-state index >= 15 is 0 Å². The lowest BCUT2D eigenvalue weighted by Gasteiger charge is -2.12. The van der Waals surface area contributed by atoms with E-state index in [0.29, 0.717) is 23.4 Å². The third-order valence-corrected chi connectivity index (χ3v) is 4.35. The maximum atomic E-state index is 13.2. The number of anilines is 2. The first kappa shape index (κ1) is 18.0. The van der Waals surface area contributed by atoms with Gasteiger partial charge in [-0.3, -0.25) is 9.59 Å². The van der Waals surface area contributed by atoms with Crippen LogP contribution < -0.4 is 10.6 Å². The zero-order chi connectivity index (χ0) is 18.7. The van der Waals surface area contributed by atoms with E-state index in [1.165, 1.54) is 6.07 Å². The van der Waals surface area contributed by atoms with Crippen molar-refractivity contribution in [3.63, 3.8) is 0 Å². The van der Waals surface area contributed by atoms with Crippen molar-refractivity contribution in [1.82, 2.24) is 0 Å². The first-order valence-corrected chi connectivity index (χ1v) is 8.57. The Morgan fingerprint density at radius 3 is 2.50 bits per heavy atom. The third kappa shape index (κ3) is 4.65. The highest BCUT2D eigenvalue weighted by Crippen LogP contribution is 2.30. The predicted molar refractivity (Wildman–Crippen MR) is 95.8 cm³/mol. The standard InChI is InChI=1S/C20H20F2N2O2/c1-12-2-7-15(23-20(26)14-5-6-14)11-18(12)24-19(25)9-4-13-3-8-16(21)17(22)10-13/h2-3,7-8,10-11,14H,4-6,9H2,1H3,(H,23,26)(H,24,25). The van der Waals surface area contributed by atoms with E-state index in [4.69, 9.17) is 0 Å². The Balaban J connectivity index is 1.59. The monoisotopic (exact) mass is 358 g/mol. The molecule has 3 rings (SSSR count). The predicted octanol–water partition coefficient (Wildman–Crippen LogP) is 4.19. The van der Waals surface area contributed by atoms with Gasteiger partial charge in [-0.05, 0) is 61.6 Å². The second kappa shape index (κ2) is 7.64. The Kier molecular flexibility index (Phi) is 5.30. The molecule has 0 unspecified atom stereocenters. The molecular formula is C20H20F2N2O2. The molecule has 0 bridgehead atoms. The number of halogens is 2. The maximum absolute atomic E-state index is 13.2. The van der Waals surface area contributed by atoms with E-state index in [-0.39, 0.29) is 24.2 Å². The average molecular weight is 358 g/mol. The molecule has 0 atom stereocenters. The van der Waals surface area contributed by atoms with E-state index in [0.717, 1.165) is 30.5 Å². The van der Waals surface area contributed by atoms with Crippen LogP contribution in [0.15, 0.2) is 36.4 Å². The van der Waals surface area contributed by atoms with Crippen LogP contribution in [0, 0.1) is 24.5 Å². The second-order valence-corrected chi connectivity index (χ2v) is 6.59. The second-order valence-electron chi connectivity index (χ2n) is 6.59. The highest BCUT2D eigenvalue weighted by atomic mass is 19.2. The van der Waals surface area contributed by atoms with E-state index in [2.05, 4.69) is 10.6 Å². The Bertz CT molecular complexity index is 848. The zero-order valence-corrected chi connectivity index (χ0v) is 14.4. The van der Waals surface area contributed by atoms with Crippen molar-refractivity contribution >= 4 is 23.2 Å². The Morgan fingerprint density at radius 2 is 1.81 bits per heavy atom. The molecule has 0 heterocycles.